The maximum absolute atomic E-state index is 11.5. The van der Waals surface area contributed by atoms with Gasteiger partial charge in [-0.25, -0.2) is 0 Å². The fourth-order valence-corrected chi connectivity index (χ4v) is 2.31. The second-order valence-corrected chi connectivity index (χ2v) is 5.20. The molecule has 5 nitrogen and oxygen atoms in total. The van der Waals surface area contributed by atoms with Gasteiger partial charge < -0.3 is 11.1 Å². The number of likely N-dealkylation sites (tertiary alicyclic amines) is 1. The lowest BCUT2D eigenvalue weighted by molar-refractivity contribution is -0.123. The van der Waals surface area contributed by atoms with Gasteiger partial charge in [-0.2, -0.15) is 0 Å². The van der Waals surface area contributed by atoms with E-state index in [2.05, 4.69) is 15.2 Å². The summed E-state index contributed by atoms with van der Waals surface area (Å²) in [6.07, 6.45) is 5.63. The van der Waals surface area contributed by atoms with Crippen molar-refractivity contribution in [3.63, 3.8) is 0 Å². The van der Waals surface area contributed by atoms with Crippen LogP contribution in [0.15, 0.2) is 24.5 Å². The topological polar surface area (TPSA) is 71.2 Å². The number of piperidine rings is 1. The van der Waals surface area contributed by atoms with Gasteiger partial charge in [0, 0.05) is 38.1 Å². The molecule has 1 aromatic heterocycles. The van der Waals surface area contributed by atoms with Crippen molar-refractivity contribution in [1.82, 2.24) is 15.2 Å². The molecule has 0 aliphatic carbocycles. The molecule has 1 amide bonds. The lowest BCUT2D eigenvalue weighted by Crippen LogP contribution is -2.48. The molecule has 0 saturated carbocycles. The molecule has 0 aromatic carbocycles. The summed E-state index contributed by atoms with van der Waals surface area (Å²) in [4.78, 5) is 18.0. The summed E-state index contributed by atoms with van der Waals surface area (Å²) >= 11 is 0. The highest BCUT2D eigenvalue weighted by atomic mass is 35.5. The third kappa shape index (κ3) is 6.61. The Morgan fingerprint density at radius 1 is 1.38 bits per heavy atom. The van der Waals surface area contributed by atoms with Crippen LogP contribution in [0.4, 0.5) is 0 Å². The van der Waals surface area contributed by atoms with E-state index in [9.17, 15) is 4.79 Å². The molecule has 1 fully saturated rings. The van der Waals surface area contributed by atoms with E-state index in [-0.39, 0.29) is 36.8 Å². The molecule has 0 bridgehead atoms. The van der Waals surface area contributed by atoms with Crippen LogP contribution in [-0.4, -0.2) is 41.0 Å². The van der Waals surface area contributed by atoms with Crippen LogP contribution in [-0.2, 0) is 11.3 Å². The first-order valence-electron chi connectivity index (χ1n) is 6.82. The van der Waals surface area contributed by atoms with Crippen molar-refractivity contribution in [3.05, 3.63) is 30.1 Å². The van der Waals surface area contributed by atoms with Gasteiger partial charge in [-0.15, -0.1) is 24.8 Å². The zero-order chi connectivity index (χ0) is 13.7. The van der Waals surface area contributed by atoms with Crippen molar-refractivity contribution >= 4 is 30.7 Å². The lowest BCUT2D eigenvalue weighted by atomic mass is 10.0. The average molecular weight is 335 g/mol. The number of nitrogens with two attached hydrogens (primary N) is 1. The molecular weight excluding hydrogens is 311 g/mol. The number of hydrogen-bond donors (Lipinski definition) is 2. The minimum Gasteiger partial charge on any atom is -0.352 e. The van der Waals surface area contributed by atoms with Gasteiger partial charge in [-0.3, -0.25) is 14.7 Å². The van der Waals surface area contributed by atoms with E-state index in [0.717, 1.165) is 32.5 Å². The predicted molar refractivity (Wildman–Crippen MR) is 88.8 cm³/mol. The van der Waals surface area contributed by atoms with Crippen LogP contribution in [0.5, 0.6) is 0 Å². The molecule has 7 heteroatoms. The van der Waals surface area contributed by atoms with Gasteiger partial charge in [0.15, 0.2) is 0 Å². The van der Waals surface area contributed by atoms with Crippen molar-refractivity contribution in [2.45, 2.75) is 38.4 Å². The van der Waals surface area contributed by atoms with Crippen LogP contribution < -0.4 is 11.1 Å². The van der Waals surface area contributed by atoms with Gasteiger partial charge >= 0.3 is 0 Å². The van der Waals surface area contributed by atoms with E-state index in [1.54, 1.807) is 6.92 Å². The van der Waals surface area contributed by atoms with Crippen molar-refractivity contribution in [3.8, 4) is 0 Å². The predicted octanol–water partition coefficient (Wildman–Crippen LogP) is 1.35. The van der Waals surface area contributed by atoms with Crippen molar-refractivity contribution in [2.24, 2.45) is 5.73 Å². The third-order valence-electron chi connectivity index (χ3n) is 3.50. The minimum atomic E-state index is -0.421. The maximum Gasteiger partial charge on any atom is 0.236 e. The first-order chi connectivity index (χ1) is 9.15. The van der Waals surface area contributed by atoms with Crippen LogP contribution in [0.25, 0.3) is 0 Å². The number of aromatic nitrogens is 1. The maximum atomic E-state index is 11.5. The Hall–Kier alpha value is -0.880. The van der Waals surface area contributed by atoms with Crippen LogP contribution in [0, 0.1) is 0 Å². The molecule has 1 aliphatic rings. The fourth-order valence-electron chi connectivity index (χ4n) is 2.31. The Bertz CT molecular complexity index is 409. The first kappa shape index (κ1) is 20.1. The number of pyridine rings is 1. The normalized spacial score (nSPS) is 17.2. The number of carbonyl (C=O) groups excluding carboxylic acids is 1. The Morgan fingerprint density at radius 3 is 2.48 bits per heavy atom. The monoisotopic (exact) mass is 334 g/mol. The molecule has 0 radical (unpaired) electrons. The molecule has 120 valence electrons. The molecule has 21 heavy (non-hydrogen) atoms. The highest BCUT2D eigenvalue weighted by molar-refractivity contribution is 5.85. The molecule has 1 aliphatic heterocycles. The number of amides is 1. The van der Waals surface area contributed by atoms with Crippen molar-refractivity contribution in [1.29, 1.82) is 0 Å². The summed E-state index contributed by atoms with van der Waals surface area (Å²) in [5.74, 6) is -0.0485. The molecule has 1 saturated heterocycles. The molecule has 0 spiro atoms. The van der Waals surface area contributed by atoms with Crippen LogP contribution >= 0.6 is 24.8 Å². The van der Waals surface area contributed by atoms with Gasteiger partial charge in [0.05, 0.1) is 6.04 Å². The average Bonchev–Trinajstić information content (AvgIpc) is 2.42. The molecule has 0 unspecified atom stereocenters. The summed E-state index contributed by atoms with van der Waals surface area (Å²) in [5.41, 5.74) is 6.84. The first-order valence-corrected chi connectivity index (χ1v) is 6.82. The van der Waals surface area contributed by atoms with E-state index < -0.39 is 6.04 Å². The Labute approximate surface area is 138 Å². The molecular formula is C14H24Cl2N4O. The standard InChI is InChI=1S/C14H22N4O.2ClH/c1-11(15)14(19)17-13-4-8-18(9-5-13)10-12-2-6-16-7-3-12;;/h2-3,6-7,11,13H,4-5,8-10,15H2,1H3,(H,17,19);2*1H/t11-;;/m1../s1. The second-order valence-electron chi connectivity index (χ2n) is 5.20. The lowest BCUT2D eigenvalue weighted by Gasteiger charge is -2.32. The van der Waals surface area contributed by atoms with Crippen LogP contribution in [0.2, 0.25) is 0 Å². The minimum absolute atomic E-state index is 0. The SMILES string of the molecule is C[C@@H](N)C(=O)NC1CCN(Cc2ccncc2)CC1.Cl.Cl. The van der Waals surface area contributed by atoms with Gasteiger partial charge in [0.2, 0.25) is 5.91 Å². The summed E-state index contributed by atoms with van der Waals surface area (Å²) in [6, 6.07) is 3.94. The summed E-state index contributed by atoms with van der Waals surface area (Å²) in [5, 5.41) is 3.00. The van der Waals surface area contributed by atoms with Crippen LogP contribution in [0.1, 0.15) is 25.3 Å². The Kier molecular flexibility index (Phi) is 9.53. The van der Waals surface area contributed by atoms with E-state index in [1.807, 2.05) is 24.5 Å². The number of nitrogens with zero attached hydrogens (tertiary/aromatic N) is 2. The zero-order valence-electron chi connectivity index (χ0n) is 12.2. The smallest absolute Gasteiger partial charge is 0.236 e. The van der Waals surface area contributed by atoms with Crippen LogP contribution in [0.3, 0.4) is 0 Å². The van der Waals surface area contributed by atoms with Crippen molar-refractivity contribution < 1.29 is 4.79 Å². The molecule has 2 rings (SSSR count). The fraction of sp³-hybridized carbons (Fsp3) is 0.571. The Balaban J connectivity index is 0.00000200. The van der Waals surface area contributed by atoms with Gasteiger partial charge in [-0.05, 0) is 37.5 Å². The molecule has 1 atom stereocenters. The quantitative estimate of drug-likeness (QED) is 0.871. The van der Waals surface area contributed by atoms with E-state index >= 15 is 0 Å². The van der Waals surface area contributed by atoms with Gasteiger partial charge in [0.25, 0.3) is 0 Å². The van der Waals surface area contributed by atoms with E-state index in [4.69, 9.17) is 5.73 Å². The third-order valence-corrected chi connectivity index (χ3v) is 3.50. The largest absolute Gasteiger partial charge is 0.352 e. The number of nitrogens with one attached hydrogen (secondary N) is 1. The molecule has 2 heterocycles. The number of rotatable bonds is 4. The van der Waals surface area contributed by atoms with Gasteiger partial charge in [-0.1, -0.05) is 0 Å². The van der Waals surface area contributed by atoms with E-state index in [0.29, 0.717) is 0 Å². The summed E-state index contributed by atoms with van der Waals surface area (Å²) in [7, 11) is 0. The Morgan fingerprint density at radius 2 is 1.95 bits per heavy atom. The highest BCUT2D eigenvalue weighted by Crippen LogP contribution is 2.13. The van der Waals surface area contributed by atoms with Gasteiger partial charge in [0.1, 0.15) is 0 Å². The number of hydrogen-bond acceptors (Lipinski definition) is 4. The molecule has 1 aromatic rings. The van der Waals surface area contributed by atoms with E-state index in [1.165, 1.54) is 5.56 Å². The summed E-state index contributed by atoms with van der Waals surface area (Å²) in [6.45, 7) is 4.68. The highest BCUT2D eigenvalue weighted by Gasteiger charge is 2.21. The number of carbonyl (C=O) groups is 1. The zero-order valence-corrected chi connectivity index (χ0v) is 13.8. The number of halogens is 2. The summed E-state index contributed by atoms with van der Waals surface area (Å²) < 4.78 is 0. The molecule has 3 N–H and O–H groups in total. The second kappa shape index (κ2) is 9.95. The van der Waals surface area contributed by atoms with Crippen molar-refractivity contribution in [2.75, 3.05) is 13.1 Å².